The first kappa shape index (κ1) is 13.5. The minimum atomic E-state index is -0.969. The van der Waals surface area contributed by atoms with Gasteiger partial charge in [0.25, 0.3) is 0 Å². The highest BCUT2D eigenvalue weighted by Gasteiger charge is 2.06. The number of para-hydroxylation sites is 1. The van der Waals surface area contributed by atoms with Crippen molar-refractivity contribution in [2.45, 2.75) is 10.8 Å². The monoisotopic (exact) mass is 297 g/mol. The molecule has 6 heteroatoms. The SMILES string of the molecule is O=C(O)c1ccc(CSc2ncnc3ccccc23)nc1. The molecule has 0 aliphatic rings. The highest BCUT2D eigenvalue weighted by molar-refractivity contribution is 7.98. The van der Waals surface area contributed by atoms with E-state index in [0.717, 1.165) is 21.6 Å². The van der Waals surface area contributed by atoms with Crippen molar-refractivity contribution in [1.29, 1.82) is 0 Å². The number of pyridine rings is 1. The number of benzene rings is 1. The average Bonchev–Trinajstić information content (AvgIpc) is 2.53. The molecule has 0 aliphatic carbocycles. The number of carboxylic acid groups (broad SMARTS) is 1. The van der Waals surface area contributed by atoms with Gasteiger partial charge in [-0.15, -0.1) is 0 Å². The molecule has 0 aliphatic heterocycles. The second kappa shape index (κ2) is 5.88. The minimum absolute atomic E-state index is 0.191. The third-order valence-electron chi connectivity index (χ3n) is 2.93. The van der Waals surface area contributed by atoms with Crippen molar-refractivity contribution in [3.63, 3.8) is 0 Å². The van der Waals surface area contributed by atoms with Crippen LogP contribution in [0.15, 0.2) is 53.9 Å². The number of aromatic nitrogens is 3. The molecule has 104 valence electrons. The fourth-order valence-corrected chi connectivity index (χ4v) is 2.78. The topological polar surface area (TPSA) is 76.0 Å². The second-order valence-corrected chi connectivity index (χ2v) is 5.29. The smallest absolute Gasteiger partial charge is 0.337 e. The van der Waals surface area contributed by atoms with Crippen LogP contribution in [0.1, 0.15) is 16.1 Å². The molecule has 0 spiro atoms. The van der Waals surface area contributed by atoms with E-state index in [2.05, 4.69) is 15.0 Å². The Kier molecular flexibility index (Phi) is 3.79. The zero-order chi connectivity index (χ0) is 14.7. The van der Waals surface area contributed by atoms with Crippen LogP contribution in [0.5, 0.6) is 0 Å². The molecule has 5 nitrogen and oxygen atoms in total. The van der Waals surface area contributed by atoms with Crippen molar-refractivity contribution < 1.29 is 9.90 Å². The number of carbonyl (C=O) groups is 1. The largest absolute Gasteiger partial charge is 0.478 e. The molecule has 0 amide bonds. The van der Waals surface area contributed by atoms with Gasteiger partial charge in [0, 0.05) is 17.3 Å². The molecule has 1 N–H and O–H groups in total. The number of carboxylic acids is 1. The van der Waals surface area contributed by atoms with E-state index in [1.54, 1.807) is 30.2 Å². The number of nitrogens with zero attached hydrogens (tertiary/aromatic N) is 3. The lowest BCUT2D eigenvalue weighted by atomic mass is 10.2. The zero-order valence-electron chi connectivity index (χ0n) is 10.9. The fourth-order valence-electron chi connectivity index (χ4n) is 1.87. The number of hydrogen-bond acceptors (Lipinski definition) is 5. The first-order valence-corrected chi connectivity index (χ1v) is 7.23. The molecule has 0 bridgehead atoms. The molecule has 2 heterocycles. The summed E-state index contributed by atoms with van der Waals surface area (Å²) in [6, 6.07) is 11.1. The predicted molar refractivity (Wildman–Crippen MR) is 80.3 cm³/mol. The van der Waals surface area contributed by atoms with Gasteiger partial charge in [-0.2, -0.15) is 0 Å². The summed E-state index contributed by atoms with van der Waals surface area (Å²) >= 11 is 1.56. The minimum Gasteiger partial charge on any atom is -0.478 e. The van der Waals surface area contributed by atoms with Crippen LogP contribution in [0.2, 0.25) is 0 Å². The lowest BCUT2D eigenvalue weighted by Gasteiger charge is -2.04. The average molecular weight is 297 g/mol. The maximum absolute atomic E-state index is 10.8. The molecular formula is C15H11N3O2S. The Morgan fingerprint density at radius 1 is 1.10 bits per heavy atom. The summed E-state index contributed by atoms with van der Waals surface area (Å²) in [6.07, 6.45) is 2.92. The summed E-state index contributed by atoms with van der Waals surface area (Å²) in [5.74, 6) is -0.343. The molecule has 3 aromatic rings. The van der Waals surface area contributed by atoms with E-state index >= 15 is 0 Å². The standard InChI is InChI=1S/C15H11N3O2S/c19-15(20)10-5-6-11(16-7-10)8-21-14-12-3-1-2-4-13(12)17-9-18-14/h1-7,9H,8H2,(H,19,20). The summed E-state index contributed by atoms with van der Waals surface area (Å²) < 4.78 is 0. The molecule has 1 aromatic carbocycles. The van der Waals surface area contributed by atoms with Gasteiger partial charge in [-0.05, 0) is 18.2 Å². The van der Waals surface area contributed by atoms with E-state index in [-0.39, 0.29) is 5.56 Å². The van der Waals surface area contributed by atoms with Crippen molar-refractivity contribution in [3.8, 4) is 0 Å². The Labute approximate surface area is 125 Å². The highest BCUT2D eigenvalue weighted by atomic mass is 32.2. The molecule has 0 unspecified atom stereocenters. The van der Waals surface area contributed by atoms with Crippen LogP contribution < -0.4 is 0 Å². The molecule has 21 heavy (non-hydrogen) atoms. The maximum Gasteiger partial charge on any atom is 0.337 e. The number of fused-ring (bicyclic) bond motifs is 1. The molecule has 0 radical (unpaired) electrons. The van der Waals surface area contributed by atoms with Crippen LogP contribution in [0.4, 0.5) is 0 Å². The van der Waals surface area contributed by atoms with E-state index in [0.29, 0.717) is 5.75 Å². The molecule has 3 rings (SSSR count). The third kappa shape index (κ3) is 3.00. The molecule has 0 atom stereocenters. The lowest BCUT2D eigenvalue weighted by Crippen LogP contribution is -1.98. The van der Waals surface area contributed by atoms with Crippen LogP contribution in [0, 0.1) is 0 Å². The lowest BCUT2D eigenvalue weighted by molar-refractivity contribution is 0.0696. The van der Waals surface area contributed by atoms with E-state index in [1.807, 2.05) is 24.3 Å². The summed E-state index contributed by atoms with van der Waals surface area (Å²) in [7, 11) is 0. The molecular weight excluding hydrogens is 286 g/mol. The van der Waals surface area contributed by atoms with Gasteiger partial charge in [0.05, 0.1) is 16.8 Å². The molecule has 0 saturated carbocycles. The predicted octanol–water partition coefficient (Wildman–Crippen LogP) is 3.02. The molecule has 0 saturated heterocycles. The van der Waals surface area contributed by atoms with Crippen molar-refractivity contribution in [2.24, 2.45) is 0 Å². The number of aromatic carboxylic acids is 1. The first-order chi connectivity index (χ1) is 10.2. The van der Waals surface area contributed by atoms with Crippen molar-refractivity contribution in [2.75, 3.05) is 0 Å². The second-order valence-electron chi connectivity index (χ2n) is 4.33. The van der Waals surface area contributed by atoms with E-state index < -0.39 is 5.97 Å². The third-order valence-corrected chi connectivity index (χ3v) is 3.97. The van der Waals surface area contributed by atoms with E-state index in [1.165, 1.54) is 6.20 Å². The normalized spacial score (nSPS) is 10.7. The van der Waals surface area contributed by atoms with Crippen LogP contribution in [-0.4, -0.2) is 26.0 Å². The highest BCUT2D eigenvalue weighted by Crippen LogP contribution is 2.26. The number of hydrogen-bond donors (Lipinski definition) is 1. The van der Waals surface area contributed by atoms with Gasteiger partial charge in [0.15, 0.2) is 0 Å². The zero-order valence-corrected chi connectivity index (χ0v) is 11.7. The summed E-state index contributed by atoms with van der Waals surface area (Å²) in [4.78, 5) is 23.4. The van der Waals surface area contributed by atoms with Gasteiger partial charge in [-0.25, -0.2) is 14.8 Å². The van der Waals surface area contributed by atoms with Gasteiger partial charge in [0.2, 0.25) is 0 Å². The summed E-state index contributed by atoms with van der Waals surface area (Å²) in [6.45, 7) is 0. The summed E-state index contributed by atoms with van der Waals surface area (Å²) in [5, 5.41) is 10.7. The Hall–Kier alpha value is -2.47. The van der Waals surface area contributed by atoms with Crippen LogP contribution in [0.3, 0.4) is 0 Å². The van der Waals surface area contributed by atoms with Crippen LogP contribution in [-0.2, 0) is 5.75 Å². The van der Waals surface area contributed by atoms with Crippen molar-refractivity contribution >= 4 is 28.6 Å². The van der Waals surface area contributed by atoms with Crippen molar-refractivity contribution in [1.82, 2.24) is 15.0 Å². The van der Waals surface area contributed by atoms with Gasteiger partial charge in [0.1, 0.15) is 11.4 Å². The van der Waals surface area contributed by atoms with Crippen LogP contribution in [0.25, 0.3) is 10.9 Å². The van der Waals surface area contributed by atoms with Gasteiger partial charge >= 0.3 is 5.97 Å². The van der Waals surface area contributed by atoms with Gasteiger partial charge in [-0.1, -0.05) is 30.0 Å². The quantitative estimate of drug-likeness (QED) is 0.589. The fraction of sp³-hybridized carbons (Fsp3) is 0.0667. The van der Waals surface area contributed by atoms with E-state index in [9.17, 15) is 4.79 Å². The Bertz CT molecular complexity index is 785. The Balaban J connectivity index is 1.79. The Morgan fingerprint density at radius 2 is 1.95 bits per heavy atom. The molecule has 0 fully saturated rings. The molecule has 2 aromatic heterocycles. The number of thioether (sulfide) groups is 1. The van der Waals surface area contributed by atoms with Crippen molar-refractivity contribution in [3.05, 3.63) is 60.2 Å². The van der Waals surface area contributed by atoms with E-state index in [4.69, 9.17) is 5.11 Å². The Morgan fingerprint density at radius 3 is 2.71 bits per heavy atom. The van der Waals surface area contributed by atoms with Gasteiger partial charge in [-0.3, -0.25) is 4.98 Å². The number of rotatable bonds is 4. The first-order valence-electron chi connectivity index (χ1n) is 6.25. The van der Waals surface area contributed by atoms with Crippen LogP contribution >= 0.6 is 11.8 Å². The van der Waals surface area contributed by atoms with Gasteiger partial charge < -0.3 is 5.11 Å². The maximum atomic E-state index is 10.8. The summed E-state index contributed by atoms with van der Waals surface area (Å²) in [5.41, 5.74) is 1.91.